The van der Waals surface area contributed by atoms with Crippen LogP contribution in [0.1, 0.15) is 40.8 Å². The highest BCUT2D eigenvalue weighted by Crippen LogP contribution is 2.27. The van der Waals surface area contributed by atoms with E-state index in [1.54, 1.807) is 12.3 Å². The zero-order valence-electron chi connectivity index (χ0n) is 16.8. The molecule has 0 bridgehead atoms. The molecule has 1 amide bonds. The molecule has 1 atom stereocenters. The number of rotatable bonds is 3. The van der Waals surface area contributed by atoms with Crippen LogP contribution in [0.25, 0.3) is 16.8 Å². The maximum Gasteiger partial charge on any atom is 0.272 e. The molecule has 4 aromatic rings. The van der Waals surface area contributed by atoms with Crippen molar-refractivity contribution in [2.24, 2.45) is 0 Å². The Morgan fingerprint density at radius 1 is 1.07 bits per heavy atom. The zero-order chi connectivity index (χ0) is 20.5. The molecule has 0 radical (unpaired) electrons. The normalized spacial score (nSPS) is 16.7. The maximum atomic E-state index is 12.9. The van der Waals surface area contributed by atoms with Gasteiger partial charge in [-0.25, -0.2) is 14.5 Å². The number of fused-ring (bicyclic) bond motifs is 1. The molecule has 1 aliphatic rings. The monoisotopic (exact) mass is 398 g/mol. The van der Waals surface area contributed by atoms with Gasteiger partial charge < -0.3 is 4.90 Å². The van der Waals surface area contributed by atoms with Crippen LogP contribution in [0.2, 0.25) is 0 Å². The number of nitrogens with zero attached hydrogens (tertiary/aromatic N) is 6. The molecule has 7 heteroatoms. The summed E-state index contributed by atoms with van der Waals surface area (Å²) in [5.41, 5.74) is 4.23. The number of carbonyl (C=O) groups is 1. The first-order chi connectivity index (χ1) is 14.7. The third-order valence-corrected chi connectivity index (χ3v) is 5.52. The highest BCUT2D eigenvalue weighted by molar-refractivity contribution is 5.92. The predicted octanol–water partition coefficient (Wildman–Crippen LogP) is 3.51. The Balaban J connectivity index is 1.39. The molecule has 1 fully saturated rings. The van der Waals surface area contributed by atoms with Gasteiger partial charge in [0.05, 0.1) is 0 Å². The van der Waals surface area contributed by atoms with Crippen molar-refractivity contribution in [3.63, 3.8) is 0 Å². The van der Waals surface area contributed by atoms with Gasteiger partial charge in [0, 0.05) is 54.4 Å². The van der Waals surface area contributed by atoms with E-state index in [2.05, 4.69) is 9.97 Å². The third-order valence-electron chi connectivity index (χ3n) is 5.52. The number of pyridine rings is 3. The molecular formula is C23H22N6O. The second-order valence-corrected chi connectivity index (χ2v) is 7.69. The van der Waals surface area contributed by atoms with E-state index < -0.39 is 0 Å². The Morgan fingerprint density at radius 3 is 2.83 bits per heavy atom. The molecule has 1 aliphatic heterocycles. The lowest BCUT2D eigenvalue weighted by atomic mass is 9.97. The lowest BCUT2D eigenvalue weighted by Gasteiger charge is -2.31. The molecule has 0 saturated carbocycles. The number of piperidine rings is 1. The fourth-order valence-electron chi connectivity index (χ4n) is 3.97. The Morgan fingerprint density at radius 2 is 2.00 bits per heavy atom. The molecule has 1 saturated heterocycles. The van der Waals surface area contributed by atoms with Gasteiger partial charge in [-0.1, -0.05) is 12.1 Å². The Kier molecular flexibility index (Phi) is 4.71. The van der Waals surface area contributed by atoms with E-state index in [1.165, 1.54) is 0 Å². The minimum absolute atomic E-state index is 0.0222. The van der Waals surface area contributed by atoms with E-state index in [4.69, 9.17) is 10.1 Å². The van der Waals surface area contributed by atoms with Crippen molar-refractivity contribution in [3.05, 3.63) is 78.3 Å². The topological polar surface area (TPSA) is 76.3 Å². The smallest absolute Gasteiger partial charge is 0.272 e. The second-order valence-electron chi connectivity index (χ2n) is 7.69. The van der Waals surface area contributed by atoms with Gasteiger partial charge in [-0.15, -0.1) is 0 Å². The standard InChI is InChI=1S/C23H22N6O/c1-16-5-2-8-20(25-16)23(30)28-12-4-7-19(14-28)22-26-21-10-9-18(15-29(21)27-22)17-6-3-11-24-13-17/h2-3,5-6,8-11,13,15,19H,4,7,12,14H2,1H3/t19-/m1/s1. The predicted molar refractivity (Wildman–Crippen MR) is 113 cm³/mol. The molecular weight excluding hydrogens is 376 g/mol. The summed E-state index contributed by atoms with van der Waals surface area (Å²) in [6.45, 7) is 3.25. The minimum Gasteiger partial charge on any atom is -0.337 e. The van der Waals surface area contributed by atoms with Crippen LogP contribution in [-0.2, 0) is 0 Å². The minimum atomic E-state index is -0.0222. The summed E-state index contributed by atoms with van der Waals surface area (Å²) in [4.78, 5) is 28.1. The molecule has 0 spiro atoms. The van der Waals surface area contributed by atoms with Crippen LogP contribution in [0.4, 0.5) is 0 Å². The van der Waals surface area contributed by atoms with E-state index in [0.717, 1.165) is 47.7 Å². The fraction of sp³-hybridized carbons (Fsp3) is 0.261. The highest BCUT2D eigenvalue weighted by atomic mass is 16.2. The van der Waals surface area contributed by atoms with E-state index in [-0.39, 0.29) is 11.8 Å². The van der Waals surface area contributed by atoms with Crippen LogP contribution < -0.4 is 0 Å². The average molecular weight is 398 g/mol. The van der Waals surface area contributed by atoms with Crippen molar-refractivity contribution >= 4 is 11.6 Å². The number of aromatic nitrogens is 5. The Bertz CT molecular complexity index is 1200. The Labute approximate surface area is 174 Å². The first-order valence-corrected chi connectivity index (χ1v) is 10.2. The zero-order valence-corrected chi connectivity index (χ0v) is 16.8. The van der Waals surface area contributed by atoms with Gasteiger partial charge in [0.1, 0.15) is 5.69 Å². The molecule has 5 heterocycles. The fourth-order valence-corrected chi connectivity index (χ4v) is 3.97. The number of likely N-dealkylation sites (tertiary alicyclic amines) is 1. The molecule has 0 aromatic carbocycles. The van der Waals surface area contributed by atoms with Crippen molar-refractivity contribution in [3.8, 4) is 11.1 Å². The number of hydrogen-bond donors (Lipinski definition) is 0. The van der Waals surface area contributed by atoms with Crippen LogP contribution in [0.5, 0.6) is 0 Å². The van der Waals surface area contributed by atoms with Gasteiger partial charge in [0.15, 0.2) is 11.5 Å². The van der Waals surface area contributed by atoms with Crippen LogP contribution in [0.3, 0.4) is 0 Å². The molecule has 150 valence electrons. The van der Waals surface area contributed by atoms with Crippen LogP contribution in [-0.4, -0.2) is 48.5 Å². The van der Waals surface area contributed by atoms with Gasteiger partial charge in [-0.05, 0) is 50.1 Å². The summed E-state index contributed by atoms with van der Waals surface area (Å²) in [6.07, 6.45) is 7.47. The summed E-state index contributed by atoms with van der Waals surface area (Å²) in [7, 11) is 0. The summed E-state index contributed by atoms with van der Waals surface area (Å²) in [5.74, 6) is 0.883. The lowest BCUT2D eigenvalue weighted by Crippen LogP contribution is -2.39. The number of carbonyl (C=O) groups excluding carboxylic acids is 1. The first kappa shape index (κ1) is 18.4. The second kappa shape index (κ2) is 7.67. The molecule has 0 aliphatic carbocycles. The van der Waals surface area contributed by atoms with Crippen molar-refractivity contribution in [2.45, 2.75) is 25.7 Å². The van der Waals surface area contributed by atoms with E-state index in [0.29, 0.717) is 12.2 Å². The number of amides is 1. The Hall–Kier alpha value is -3.61. The number of aryl methyl sites for hydroxylation is 1. The van der Waals surface area contributed by atoms with Crippen LogP contribution >= 0.6 is 0 Å². The van der Waals surface area contributed by atoms with Crippen LogP contribution in [0.15, 0.2) is 61.1 Å². The average Bonchev–Trinajstić information content (AvgIpc) is 3.23. The third kappa shape index (κ3) is 3.54. The molecule has 0 N–H and O–H groups in total. The van der Waals surface area contributed by atoms with E-state index in [1.807, 2.05) is 65.1 Å². The summed E-state index contributed by atoms with van der Waals surface area (Å²) >= 11 is 0. The van der Waals surface area contributed by atoms with Gasteiger partial charge in [-0.2, -0.15) is 5.10 Å². The lowest BCUT2D eigenvalue weighted by molar-refractivity contribution is 0.0698. The van der Waals surface area contributed by atoms with Crippen molar-refractivity contribution in [2.75, 3.05) is 13.1 Å². The molecule has 4 aromatic heterocycles. The van der Waals surface area contributed by atoms with E-state index in [9.17, 15) is 4.79 Å². The van der Waals surface area contributed by atoms with Crippen molar-refractivity contribution in [1.29, 1.82) is 0 Å². The highest BCUT2D eigenvalue weighted by Gasteiger charge is 2.28. The quantitative estimate of drug-likeness (QED) is 0.528. The van der Waals surface area contributed by atoms with Gasteiger partial charge in [0.2, 0.25) is 0 Å². The molecule has 0 unspecified atom stereocenters. The van der Waals surface area contributed by atoms with E-state index >= 15 is 0 Å². The molecule has 30 heavy (non-hydrogen) atoms. The largest absolute Gasteiger partial charge is 0.337 e. The van der Waals surface area contributed by atoms with Gasteiger partial charge >= 0.3 is 0 Å². The maximum absolute atomic E-state index is 12.9. The first-order valence-electron chi connectivity index (χ1n) is 10.2. The SMILES string of the molecule is Cc1cccc(C(=O)N2CCC[C@@H](c3nc4ccc(-c5cccnc5)cn4n3)C2)n1. The van der Waals surface area contributed by atoms with Crippen molar-refractivity contribution < 1.29 is 4.79 Å². The van der Waals surface area contributed by atoms with Gasteiger partial charge in [-0.3, -0.25) is 9.78 Å². The van der Waals surface area contributed by atoms with Gasteiger partial charge in [0.25, 0.3) is 5.91 Å². The summed E-state index contributed by atoms with van der Waals surface area (Å²) < 4.78 is 1.82. The van der Waals surface area contributed by atoms with Crippen molar-refractivity contribution in [1.82, 2.24) is 29.5 Å². The molecule has 7 nitrogen and oxygen atoms in total. The number of hydrogen-bond acceptors (Lipinski definition) is 5. The van der Waals surface area contributed by atoms with Crippen LogP contribution in [0, 0.1) is 6.92 Å². The molecule has 5 rings (SSSR count). The summed E-state index contributed by atoms with van der Waals surface area (Å²) in [5, 5.41) is 4.73. The summed E-state index contributed by atoms with van der Waals surface area (Å²) in [6, 6.07) is 13.5.